The van der Waals surface area contributed by atoms with Crippen LogP contribution in [0.5, 0.6) is 5.75 Å². The van der Waals surface area contributed by atoms with Crippen LogP contribution in [0.3, 0.4) is 0 Å². The monoisotopic (exact) mass is 528 g/mol. The van der Waals surface area contributed by atoms with Crippen LogP contribution in [-0.2, 0) is 4.79 Å². The fourth-order valence-corrected chi connectivity index (χ4v) is 6.01. The molecule has 5 atom stereocenters. The van der Waals surface area contributed by atoms with Gasteiger partial charge in [0.05, 0.1) is 13.0 Å². The summed E-state index contributed by atoms with van der Waals surface area (Å²) in [6.45, 7) is 0.00699. The molecule has 0 bridgehead atoms. The molecule has 2 aliphatic heterocycles. The number of amides is 1. The molecule has 8 nitrogen and oxygen atoms in total. The highest BCUT2D eigenvalue weighted by molar-refractivity contribution is 6.20. The van der Waals surface area contributed by atoms with E-state index in [9.17, 15) is 23.1 Å². The Morgan fingerprint density at radius 2 is 1.95 bits per heavy atom. The summed E-state index contributed by atoms with van der Waals surface area (Å²) in [5, 5.41) is 14.1. The molecule has 3 aliphatic rings. The van der Waals surface area contributed by atoms with Crippen molar-refractivity contribution < 1.29 is 32.2 Å². The van der Waals surface area contributed by atoms with E-state index in [-0.39, 0.29) is 29.9 Å². The SMILES string of the molecule is COc1cccc2oc(C3=C(C4CCC(CO)C4)NC4C(c5ccccc5)C(C(F)(F)F)NN4C3=O)nc12. The zero-order chi connectivity index (χ0) is 26.6. The van der Waals surface area contributed by atoms with Gasteiger partial charge in [0, 0.05) is 18.2 Å². The largest absolute Gasteiger partial charge is 0.494 e. The normalized spacial score (nSPS) is 27.7. The quantitative estimate of drug-likeness (QED) is 0.461. The minimum atomic E-state index is -4.61. The van der Waals surface area contributed by atoms with Gasteiger partial charge in [-0.05, 0) is 42.9 Å². The van der Waals surface area contributed by atoms with Gasteiger partial charge < -0.3 is 19.6 Å². The molecule has 1 saturated heterocycles. The Bertz CT molecular complexity index is 1390. The molecule has 38 heavy (non-hydrogen) atoms. The topological polar surface area (TPSA) is 99.9 Å². The van der Waals surface area contributed by atoms with E-state index in [1.54, 1.807) is 48.5 Å². The van der Waals surface area contributed by atoms with Gasteiger partial charge in [0.25, 0.3) is 5.91 Å². The number of alkyl halides is 3. The first-order valence-electron chi connectivity index (χ1n) is 12.6. The number of nitrogens with zero attached hydrogens (tertiary/aromatic N) is 2. The summed E-state index contributed by atoms with van der Waals surface area (Å²) in [6, 6.07) is 11.5. The second-order valence-corrected chi connectivity index (χ2v) is 10.0. The van der Waals surface area contributed by atoms with Crippen LogP contribution in [0.2, 0.25) is 0 Å². The third kappa shape index (κ3) is 4.01. The number of rotatable bonds is 5. The summed E-state index contributed by atoms with van der Waals surface area (Å²) >= 11 is 0. The fraction of sp³-hybridized carbons (Fsp3) is 0.407. The number of allylic oxidation sites excluding steroid dienone is 1. The first-order valence-corrected chi connectivity index (χ1v) is 12.6. The molecule has 3 N–H and O–H groups in total. The molecule has 5 unspecified atom stereocenters. The molecule has 1 aliphatic carbocycles. The van der Waals surface area contributed by atoms with Crippen molar-refractivity contribution in [3.63, 3.8) is 0 Å². The number of carbonyl (C=O) groups is 1. The van der Waals surface area contributed by atoms with E-state index in [0.29, 0.717) is 41.0 Å². The molecule has 3 aromatic rings. The van der Waals surface area contributed by atoms with Crippen molar-refractivity contribution in [2.45, 2.75) is 43.6 Å². The number of hydrogen-bond donors (Lipinski definition) is 3. The molecular weight excluding hydrogens is 501 g/mol. The van der Waals surface area contributed by atoms with Gasteiger partial charge >= 0.3 is 6.18 Å². The lowest BCUT2D eigenvalue weighted by Gasteiger charge is -2.37. The Hall–Kier alpha value is -3.57. The first-order chi connectivity index (χ1) is 18.3. The molecule has 0 radical (unpaired) electrons. The van der Waals surface area contributed by atoms with Crippen LogP contribution in [0.25, 0.3) is 16.7 Å². The Morgan fingerprint density at radius 1 is 1.16 bits per heavy atom. The summed E-state index contributed by atoms with van der Waals surface area (Å²) < 4.78 is 54.2. The number of aliphatic hydroxyl groups is 1. The number of hydrazine groups is 1. The number of ether oxygens (including phenoxy) is 1. The summed E-state index contributed by atoms with van der Waals surface area (Å²) in [7, 11) is 1.49. The minimum Gasteiger partial charge on any atom is -0.494 e. The zero-order valence-electron chi connectivity index (χ0n) is 20.5. The summed E-state index contributed by atoms with van der Waals surface area (Å²) in [4.78, 5) is 18.6. The van der Waals surface area contributed by atoms with Crippen LogP contribution >= 0.6 is 0 Å². The lowest BCUT2D eigenvalue weighted by atomic mass is 9.87. The predicted octanol–water partition coefficient (Wildman–Crippen LogP) is 3.95. The fourth-order valence-electron chi connectivity index (χ4n) is 6.01. The van der Waals surface area contributed by atoms with Crippen LogP contribution in [0.4, 0.5) is 13.2 Å². The lowest BCUT2D eigenvalue weighted by Crippen LogP contribution is -2.55. The summed E-state index contributed by atoms with van der Waals surface area (Å²) in [5.41, 5.74) is 4.31. The number of nitrogens with one attached hydrogen (secondary N) is 2. The molecule has 11 heteroatoms. The van der Waals surface area contributed by atoms with Crippen molar-refractivity contribution in [1.29, 1.82) is 0 Å². The van der Waals surface area contributed by atoms with E-state index in [1.807, 2.05) is 0 Å². The van der Waals surface area contributed by atoms with Crippen molar-refractivity contribution in [1.82, 2.24) is 20.7 Å². The van der Waals surface area contributed by atoms with E-state index in [0.717, 1.165) is 11.4 Å². The van der Waals surface area contributed by atoms with Crippen LogP contribution < -0.4 is 15.5 Å². The highest BCUT2D eigenvalue weighted by Crippen LogP contribution is 2.46. The molecule has 200 valence electrons. The molecule has 2 fully saturated rings. The number of fused-ring (bicyclic) bond motifs is 2. The van der Waals surface area contributed by atoms with E-state index in [1.165, 1.54) is 7.11 Å². The van der Waals surface area contributed by atoms with Gasteiger partial charge in [-0.25, -0.2) is 15.4 Å². The maximum absolute atomic E-state index is 14.3. The van der Waals surface area contributed by atoms with Gasteiger partial charge in [-0.2, -0.15) is 13.2 Å². The number of aromatic nitrogens is 1. The Kier molecular flexibility index (Phi) is 6.07. The number of hydrogen-bond acceptors (Lipinski definition) is 7. The standard InChI is InChI=1S/C27H27F3N4O4/c1-37-17-8-5-9-18-22(17)32-25(38-18)20-21(16-11-10-14(12-16)13-35)31-24-19(15-6-3-2-4-7-15)23(27(28,29)30)33-34(24)26(20)36/h2-9,14,16,19,23-24,31,33,35H,10-13H2,1H3. The van der Waals surface area contributed by atoms with Gasteiger partial charge in [0.2, 0.25) is 5.89 Å². The zero-order valence-corrected chi connectivity index (χ0v) is 20.5. The molecule has 0 spiro atoms. The average molecular weight is 529 g/mol. The highest BCUT2D eigenvalue weighted by Gasteiger charge is 2.58. The summed E-state index contributed by atoms with van der Waals surface area (Å²) in [6.07, 6.45) is -3.58. The molecule has 1 aromatic heterocycles. The van der Waals surface area contributed by atoms with E-state index < -0.39 is 30.2 Å². The smallest absolute Gasteiger partial charge is 0.406 e. The van der Waals surface area contributed by atoms with Crippen LogP contribution in [0.1, 0.15) is 36.6 Å². The number of para-hydroxylation sites is 1. The van der Waals surface area contributed by atoms with E-state index >= 15 is 0 Å². The average Bonchev–Trinajstić information content (AvgIpc) is 3.65. The first kappa shape index (κ1) is 24.7. The second-order valence-electron chi connectivity index (χ2n) is 10.0. The number of benzene rings is 2. The van der Waals surface area contributed by atoms with Gasteiger partial charge in [-0.3, -0.25) is 4.79 Å². The molecule has 6 rings (SSSR count). The van der Waals surface area contributed by atoms with Crippen molar-refractivity contribution in [3.8, 4) is 5.75 Å². The third-order valence-corrected chi connectivity index (χ3v) is 7.82. The van der Waals surface area contributed by atoms with Crippen LogP contribution in [0.15, 0.2) is 58.6 Å². The minimum absolute atomic E-state index is 0.00699. The van der Waals surface area contributed by atoms with Gasteiger partial charge in [-0.15, -0.1) is 0 Å². The van der Waals surface area contributed by atoms with Gasteiger partial charge in [-0.1, -0.05) is 36.4 Å². The Balaban J connectivity index is 1.49. The maximum Gasteiger partial charge on any atom is 0.406 e. The van der Waals surface area contributed by atoms with Crippen LogP contribution in [-0.4, -0.2) is 53.1 Å². The summed E-state index contributed by atoms with van der Waals surface area (Å²) in [5.74, 6) is -1.40. The van der Waals surface area contributed by atoms with E-state index in [2.05, 4.69) is 15.7 Å². The van der Waals surface area contributed by atoms with Gasteiger partial charge in [0.1, 0.15) is 23.5 Å². The number of methoxy groups -OCH3 is 1. The molecule has 2 aromatic carbocycles. The number of carbonyl (C=O) groups excluding carboxylic acids is 1. The molecular formula is C27H27F3N4O4. The van der Waals surface area contributed by atoms with Crippen molar-refractivity contribution in [2.75, 3.05) is 13.7 Å². The maximum atomic E-state index is 14.3. The van der Waals surface area contributed by atoms with Crippen molar-refractivity contribution in [2.24, 2.45) is 11.8 Å². The highest BCUT2D eigenvalue weighted by atomic mass is 19.4. The van der Waals surface area contributed by atoms with Crippen molar-refractivity contribution in [3.05, 3.63) is 65.7 Å². The molecule has 1 amide bonds. The van der Waals surface area contributed by atoms with Gasteiger partial charge in [0.15, 0.2) is 11.1 Å². The lowest BCUT2D eigenvalue weighted by molar-refractivity contribution is -0.161. The number of aliphatic hydroxyl groups excluding tert-OH is 1. The Labute approximate surface area is 216 Å². The second kappa shape index (κ2) is 9.32. The molecule has 1 saturated carbocycles. The van der Waals surface area contributed by atoms with Crippen LogP contribution in [0, 0.1) is 11.8 Å². The number of halogens is 3. The molecule has 3 heterocycles. The third-order valence-electron chi connectivity index (χ3n) is 7.82. The van der Waals surface area contributed by atoms with E-state index in [4.69, 9.17) is 9.15 Å². The van der Waals surface area contributed by atoms with Crippen molar-refractivity contribution >= 4 is 22.6 Å². The predicted molar refractivity (Wildman–Crippen MR) is 131 cm³/mol. The Morgan fingerprint density at radius 3 is 2.63 bits per heavy atom. The number of oxazole rings is 1.